The van der Waals surface area contributed by atoms with Crippen molar-refractivity contribution in [3.63, 3.8) is 0 Å². The third kappa shape index (κ3) is 1.83. The van der Waals surface area contributed by atoms with Crippen molar-refractivity contribution in [1.82, 2.24) is 0 Å². The zero-order chi connectivity index (χ0) is 10.2. The second kappa shape index (κ2) is 3.39. The largest absolute Gasteiger partial charge is 0.382 e. The fourth-order valence-electron chi connectivity index (χ4n) is 2.43. The summed E-state index contributed by atoms with van der Waals surface area (Å²) in [6.45, 7) is 5.37. The maximum Gasteiger partial charge on any atom is 0.0978 e. The van der Waals surface area contributed by atoms with E-state index >= 15 is 0 Å². The molecule has 0 aromatic carbocycles. The molecule has 0 spiro atoms. The molecular formula is C13H18O. The van der Waals surface area contributed by atoms with Crippen molar-refractivity contribution in [1.29, 1.82) is 0 Å². The van der Waals surface area contributed by atoms with Gasteiger partial charge in [0.2, 0.25) is 0 Å². The molecule has 2 aliphatic rings. The van der Waals surface area contributed by atoms with Gasteiger partial charge >= 0.3 is 0 Å². The molecule has 76 valence electrons. The molecule has 1 saturated carbocycles. The molecule has 0 amide bonds. The van der Waals surface area contributed by atoms with Gasteiger partial charge < -0.3 is 5.11 Å². The van der Waals surface area contributed by atoms with Crippen molar-refractivity contribution in [2.75, 3.05) is 0 Å². The van der Waals surface area contributed by atoms with E-state index in [4.69, 9.17) is 0 Å². The van der Waals surface area contributed by atoms with Gasteiger partial charge in [0.05, 0.1) is 5.60 Å². The van der Waals surface area contributed by atoms with Gasteiger partial charge in [0, 0.05) is 0 Å². The molecule has 2 bridgehead atoms. The van der Waals surface area contributed by atoms with Gasteiger partial charge in [0.25, 0.3) is 0 Å². The summed E-state index contributed by atoms with van der Waals surface area (Å²) in [6.07, 6.45) is 12.8. The smallest absolute Gasteiger partial charge is 0.0978 e. The Balaban J connectivity index is 1.99. The minimum absolute atomic E-state index is 0.636. The maximum atomic E-state index is 9.73. The highest BCUT2D eigenvalue weighted by Crippen LogP contribution is 2.44. The first-order valence-corrected chi connectivity index (χ1v) is 5.34. The standard InChI is InChI=1S/C13H18O/c1-3-13(2,14)7-6-12-9-10-4-5-11(12)8-10/h3-7,10-12,14H,1,8-9H2,2H3/b7-6+. The monoisotopic (exact) mass is 190 g/mol. The van der Waals surface area contributed by atoms with Gasteiger partial charge in [-0.2, -0.15) is 0 Å². The summed E-state index contributed by atoms with van der Waals surface area (Å²) in [5, 5.41) is 9.73. The fourth-order valence-corrected chi connectivity index (χ4v) is 2.43. The summed E-state index contributed by atoms with van der Waals surface area (Å²) in [7, 11) is 0. The van der Waals surface area contributed by atoms with Crippen LogP contribution in [-0.2, 0) is 0 Å². The van der Waals surface area contributed by atoms with Crippen LogP contribution in [0.3, 0.4) is 0 Å². The number of allylic oxidation sites excluding steroid dienone is 3. The molecule has 0 radical (unpaired) electrons. The molecule has 1 heteroatoms. The quantitative estimate of drug-likeness (QED) is 0.678. The van der Waals surface area contributed by atoms with Crippen molar-refractivity contribution in [3.05, 3.63) is 37.0 Å². The van der Waals surface area contributed by atoms with Gasteiger partial charge in [-0.05, 0) is 37.5 Å². The van der Waals surface area contributed by atoms with Crippen molar-refractivity contribution in [2.45, 2.75) is 25.4 Å². The van der Waals surface area contributed by atoms with Crippen molar-refractivity contribution >= 4 is 0 Å². The predicted molar refractivity (Wildman–Crippen MR) is 58.8 cm³/mol. The van der Waals surface area contributed by atoms with Crippen LogP contribution in [0, 0.1) is 17.8 Å². The highest BCUT2D eigenvalue weighted by molar-refractivity contribution is 5.17. The van der Waals surface area contributed by atoms with Crippen LogP contribution in [0.15, 0.2) is 37.0 Å². The van der Waals surface area contributed by atoms with Crippen LogP contribution in [0.25, 0.3) is 0 Å². The van der Waals surface area contributed by atoms with E-state index in [0.29, 0.717) is 5.92 Å². The molecule has 4 atom stereocenters. The average molecular weight is 190 g/mol. The molecule has 0 aliphatic heterocycles. The Hall–Kier alpha value is -0.820. The highest BCUT2D eigenvalue weighted by atomic mass is 16.3. The van der Waals surface area contributed by atoms with Crippen LogP contribution >= 0.6 is 0 Å². The van der Waals surface area contributed by atoms with Crippen LogP contribution in [0.5, 0.6) is 0 Å². The number of hydrogen-bond donors (Lipinski definition) is 1. The minimum Gasteiger partial charge on any atom is -0.382 e. The summed E-state index contributed by atoms with van der Waals surface area (Å²) >= 11 is 0. The molecule has 0 aromatic rings. The second-order valence-corrected chi connectivity index (χ2v) is 4.73. The third-order valence-corrected chi connectivity index (χ3v) is 3.42. The van der Waals surface area contributed by atoms with Gasteiger partial charge in [-0.3, -0.25) is 0 Å². The van der Waals surface area contributed by atoms with Crippen LogP contribution < -0.4 is 0 Å². The van der Waals surface area contributed by atoms with Gasteiger partial charge in [0.1, 0.15) is 0 Å². The zero-order valence-electron chi connectivity index (χ0n) is 8.69. The lowest BCUT2D eigenvalue weighted by atomic mass is 9.91. The molecule has 2 aliphatic carbocycles. The number of fused-ring (bicyclic) bond motifs is 2. The first-order valence-electron chi connectivity index (χ1n) is 5.34. The molecule has 14 heavy (non-hydrogen) atoms. The lowest BCUT2D eigenvalue weighted by Crippen LogP contribution is -2.17. The predicted octanol–water partition coefficient (Wildman–Crippen LogP) is 2.69. The Kier molecular flexibility index (Phi) is 2.36. The van der Waals surface area contributed by atoms with Gasteiger partial charge in [0.15, 0.2) is 0 Å². The zero-order valence-corrected chi connectivity index (χ0v) is 8.69. The van der Waals surface area contributed by atoms with E-state index in [0.717, 1.165) is 11.8 Å². The number of hydrogen-bond acceptors (Lipinski definition) is 1. The van der Waals surface area contributed by atoms with Crippen LogP contribution in [-0.4, -0.2) is 10.7 Å². The number of rotatable bonds is 3. The lowest BCUT2D eigenvalue weighted by Gasteiger charge is -2.17. The first-order chi connectivity index (χ1) is 6.61. The highest BCUT2D eigenvalue weighted by Gasteiger charge is 2.34. The molecule has 0 saturated heterocycles. The van der Waals surface area contributed by atoms with Crippen LogP contribution in [0.2, 0.25) is 0 Å². The van der Waals surface area contributed by atoms with E-state index in [9.17, 15) is 5.11 Å². The lowest BCUT2D eigenvalue weighted by molar-refractivity contribution is 0.163. The summed E-state index contributed by atoms with van der Waals surface area (Å²) in [5.74, 6) is 2.15. The molecular weight excluding hydrogens is 172 g/mol. The van der Waals surface area contributed by atoms with Crippen LogP contribution in [0.1, 0.15) is 19.8 Å². The van der Waals surface area contributed by atoms with Gasteiger partial charge in [-0.1, -0.05) is 37.0 Å². The Morgan fingerprint density at radius 3 is 2.71 bits per heavy atom. The van der Waals surface area contributed by atoms with E-state index < -0.39 is 5.60 Å². The Morgan fingerprint density at radius 2 is 2.21 bits per heavy atom. The first kappa shape index (κ1) is 9.72. The summed E-state index contributed by atoms with van der Waals surface area (Å²) in [5.41, 5.74) is -0.842. The Bertz CT molecular complexity index is 286. The van der Waals surface area contributed by atoms with E-state index in [-0.39, 0.29) is 0 Å². The Morgan fingerprint density at radius 1 is 1.43 bits per heavy atom. The fraction of sp³-hybridized carbons (Fsp3) is 0.538. The minimum atomic E-state index is -0.842. The molecule has 1 nitrogen and oxygen atoms in total. The number of aliphatic hydroxyl groups is 1. The van der Waals surface area contributed by atoms with E-state index in [1.54, 1.807) is 13.0 Å². The topological polar surface area (TPSA) is 20.2 Å². The van der Waals surface area contributed by atoms with Crippen LogP contribution in [0.4, 0.5) is 0 Å². The van der Waals surface area contributed by atoms with Gasteiger partial charge in [-0.25, -0.2) is 0 Å². The second-order valence-electron chi connectivity index (χ2n) is 4.73. The molecule has 1 N–H and O–H groups in total. The summed E-state index contributed by atoms with van der Waals surface area (Å²) in [6, 6.07) is 0. The van der Waals surface area contributed by atoms with E-state index in [1.807, 2.05) is 6.08 Å². The molecule has 1 fully saturated rings. The Labute approximate surface area is 85.8 Å². The summed E-state index contributed by atoms with van der Waals surface area (Å²) in [4.78, 5) is 0. The molecule has 4 unspecified atom stereocenters. The van der Waals surface area contributed by atoms with Gasteiger partial charge in [-0.15, -0.1) is 0 Å². The van der Waals surface area contributed by atoms with E-state index in [1.165, 1.54) is 12.8 Å². The maximum absolute atomic E-state index is 9.73. The molecule has 0 heterocycles. The molecule has 2 rings (SSSR count). The third-order valence-electron chi connectivity index (χ3n) is 3.42. The van der Waals surface area contributed by atoms with Crippen molar-refractivity contribution < 1.29 is 5.11 Å². The average Bonchev–Trinajstić information content (AvgIpc) is 2.76. The molecule has 0 aromatic heterocycles. The normalized spacial score (nSPS) is 39.1. The van der Waals surface area contributed by atoms with Crippen molar-refractivity contribution in [2.24, 2.45) is 17.8 Å². The SMILES string of the molecule is C=CC(C)(O)/C=C/C1CC2C=CC1C2. The summed E-state index contributed by atoms with van der Waals surface area (Å²) < 4.78 is 0. The van der Waals surface area contributed by atoms with E-state index in [2.05, 4.69) is 24.8 Å². The van der Waals surface area contributed by atoms with Crippen molar-refractivity contribution in [3.8, 4) is 0 Å².